The van der Waals surface area contributed by atoms with E-state index in [9.17, 15) is 14.0 Å². The molecule has 0 saturated carbocycles. The first-order chi connectivity index (χ1) is 13.3. The van der Waals surface area contributed by atoms with Crippen molar-refractivity contribution in [3.05, 3.63) is 70.5 Å². The van der Waals surface area contributed by atoms with Gasteiger partial charge < -0.3 is 10.2 Å². The van der Waals surface area contributed by atoms with Crippen LogP contribution in [0, 0.1) is 11.7 Å². The van der Waals surface area contributed by atoms with Gasteiger partial charge in [0, 0.05) is 18.1 Å². The molecule has 4 nitrogen and oxygen atoms in total. The highest BCUT2D eigenvalue weighted by Crippen LogP contribution is 2.15. The van der Waals surface area contributed by atoms with E-state index in [0.29, 0.717) is 23.0 Å². The molecule has 1 N–H and O–H groups in total. The van der Waals surface area contributed by atoms with E-state index in [4.69, 9.17) is 11.6 Å². The van der Waals surface area contributed by atoms with Gasteiger partial charge in [0.2, 0.25) is 11.8 Å². The summed E-state index contributed by atoms with van der Waals surface area (Å²) in [7, 11) is 0. The summed E-state index contributed by atoms with van der Waals surface area (Å²) < 4.78 is 13.1. The Balaban J connectivity index is 2.18. The molecule has 0 radical (unpaired) electrons. The van der Waals surface area contributed by atoms with Gasteiger partial charge in [0.25, 0.3) is 0 Å². The fourth-order valence-corrected chi connectivity index (χ4v) is 2.83. The fourth-order valence-electron chi connectivity index (χ4n) is 2.70. The number of nitrogens with one attached hydrogen (secondary N) is 1. The smallest absolute Gasteiger partial charge is 0.242 e. The number of amides is 2. The molecular weight excluding hydrogens is 379 g/mol. The lowest BCUT2D eigenvalue weighted by molar-refractivity contribution is -0.140. The average molecular weight is 405 g/mol. The van der Waals surface area contributed by atoms with Gasteiger partial charge in [-0.05, 0) is 48.2 Å². The standard InChI is InChI=1S/C22H26ClFN2O2/c1-15(2)13-25-22(28)16(3)26(14-18-4-8-19(23)9-5-18)21(27)12-17-6-10-20(24)11-7-17/h4-11,15-16H,12-14H2,1-3H3,(H,25,28). The first-order valence-electron chi connectivity index (χ1n) is 9.32. The number of nitrogens with zero attached hydrogens (tertiary/aromatic N) is 1. The summed E-state index contributed by atoms with van der Waals surface area (Å²) in [4.78, 5) is 27.1. The number of carbonyl (C=O) groups is 2. The quantitative estimate of drug-likeness (QED) is 0.716. The van der Waals surface area contributed by atoms with Crippen LogP contribution >= 0.6 is 11.6 Å². The third-order valence-electron chi connectivity index (χ3n) is 4.39. The normalized spacial score (nSPS) is 11.9. The highest BCUT2D eigenvalue weighted by molar-refractivity contribution is 6.30. The number of carbonyl (C=O) groups excluding carboxylic acids is 2. The van der Waals surface area contributed by atoms with E-state index in [-0.39, 0.29) is 30.6 Å². The Morgan fingerprint density at radius 3 is 2.14 bits per heavy atom. The first-order valence-corrected chi connectivity index (χ1v) is 9.70. The molecule has 2 aromatic carbocycles. The molecule has 0 aliphatic rings. The van der Waals surface area contributed by atoms with Crippen molar-refractivity contribution < 1.29 is 14.0 Å². The maximum atomic E-state index is 13.1. The van der Waals surface area contributed by atoms with E-state index < -0.39 is 6.04 Å². The van der Waals surface area contributed by atoms with Crippen molar-refractivity contribution in [2.24, 2.45) is 5.92 Å². The van der Waals surface area contributed by atoms with E-state index in [2.05, 4.69) is 5.32 Å². The highest BCUT2D eigenvalue weighted by atomic mass is 35.5. The zero-order chi connectivity index (χ0) is 20.7. The Morgan fingerprint density at radius 2 is 1.57 bits per heavy atom. The molecule has 1 unspecified atom stereocenters. The van der Waals surface area contributed by atoms with Gasteiger partial charge in [-0.25, -0.2) is 4.39 Å². The average Bonchev–Trinajstić information content (AvgIpc) is 2.66. The Labute approximate surface area is 170 Å². The summed E-state index contributed by atoms with van der Waals surface area (Å²) in [5.74, 6) is -0.435. The lowest BCUT2D eigenvalue weighted by atomic mass is 10.1. The molecule has 0 fully saturated rings. The van der Waals surface area contributed by atoms with Crippen LogP contribution in [-0.2, 0) is 22.6 Å². The minimum absolute atomic E-state index is 0.0929. The monoisotopic (exact) mass is 404 g/mol. The molecule has 6 heteroatoms. The van der Waals surface area contributed by atoms with Gasteiger partial charge in [0.15, 0.2) is 0 Å². The summed E-state index contributed by atoms with van der Waals surface area (Å²) in [6.07, 6.45) is 0.0929. The maximum Gasteiger partial charge on any atom is 0.242 e. The molecule has 0 saturated heterocycles. The second kappa shape index (κ2) is 10.2. The van der Waals surface area contributed by atoms with Crippen LogP contribution in [0.1, 0.15) is 31.9 Å². The molecule has 0 spiro atoms. The van der Waals surface area contributed by atoms with E-state index in [1.54, 1.807) is 36.1 Å². The van der Waals surface area contributed by atoms with Crippen LogP contribution in [0.25, 0.3) is 0 Å². The van der Waals surface area contributed by atoms with Gasteiger partial charge in [-0.2, -0.15) is 0 Å². The van der Waals surface area contributed by atoms with Crippen molar-refractivity contribution in [3.63, 3.8) is 0 Å². The van der Waals surface area contributed by atoms with Gasteiger partial charge in [-0.3, -0.25) is 9.59 Å². The molecule has 0 aromatic heterocycles. The summed E-state index contributed by atoms with van der Waals surface area (Å²) in [5.41, 5.74) is 1.57. The fraction of sp³-hybridized carbons (Fsp3) is 0.364. The third-order valence-corrected chi connectivity index (χ3v) is 4.64. The van der Waals surface area contributed by atoms with Crippen LogP contribution in [-0.4, -0.2) is 29.3 Å². The zero-order valence-corrected chi connectivity index (χ0v) is 17.2. The molecule has 0 heterocycles. The van der Waals surface area contributed by atoms with Crippen LogP contribution in [0.5, 0.6) is 0 Å². The Morgan fingerprint density at radius 1 is 1.00 bits per heavy atom. The van der Waals surface area contributed by atoms with Gasteiger partial charge in [-0.1, -0.05) is 49.7 Å². The molecule has 0 bridgehead atoms. The summed E-state index contributed by atoms with van der Waals surface area (Å²) in [5, 5.41) is 3.49. The van der Waals surface area contributed by atoms with Crippen molar-refractivity contribution in [2.45, 2.75) is 39.8 Å². The predicted molar refractivity (Wildman–Crippen MR) is 109 cm³/mol. The summed E-state index contributed by atoms with van der Waals surface area (Å²) in [6, 6.07) is 12.3. The summed E-state index contributed by atoms with van der Waals surface area (Å²) >= 11 is 5.94. The number of hydrogen-bond acceptors (Lipinski definition) is 2. The minimum Gasteiger partial charge on any atom is -0.354 e. The second-order valence-electron chi connectivity index (χ2n) is 7.27. The third kappa shape index (κ3) is 6.64. The Hall–Kier alpha value is -2.40. The van der Waals surface area contributed by atoms with Crippen LogP contribution in [0.4, 0.5) is 4.39 Å². The lowest BCUT2D eigenvalue weighted by Gasteiger charge is -2.29. The van der Waals surface area contributed by atoms with Crippen LogP contribution in [0.15, 0.2) is 48.5 Å². The maximum absolute atomic E-state index is 13.1. The van der Waals surface area contributed by atoms with Crippen LogP contribution in [0.2, 0.25) is 5.02 Å². The van der Waals surface area contributed by atoms with Crippen molar-refractivity contribution >= 4 is 23.4 Å². The topological polar surface area (TPSA) is 49.4 Å². The minimum atomic E-state index is -0.637. The zero-order valence-electron chi connectivity index (χ0n) is 16.4. The van der Waals surface area contributed by atoms with E-state index in [0.717, 1.165) is 5.56 Å². The van der Waals surface area contributed by atoms with Crippen LogP contribution in [0.3, 0.4) is 0 Å². The van der Waals surface area contributed by atoms with E-state index in [1.165, 1.54) is 12.1 Å². The van der Waals surface area contributed by atoms with Gasteiger partial charge >= 0.3 is 0 Å². The molecule has 2 amide bonds. The highest BCUT2D eigenvalue weighted by Gasteiger charge is 2.26. The second-order valence-corrected chi connectivity index (χ2v) is 7.70. The molecule has 2 aromatic rings. The van der Waals surface area contributed by atoms with E-state index in [1.807, 2.05) is 26.0 Å². The van der Waals surface area contributed by atoms with Gasteiger partial charge in [0.1, 0.15) is 11.9 Å². The Kier molecular flexibility index (Phi) is 8.00. The van der Waals surface area contributed by atoms with Gasteiger partial charge in [-0.15, -0.1) is 0 Å². The molecule has 0 aliphatic carbocycles. The van der Waals surface area contributed by atoms with Crippen molar-refractivity contribution in [1.29, 1.82) is 0 Å². The number of halogens is 2. The number of hydrogen-bond donors (Lipinski definition) is 1. The molecular formula is C22H26ClFN2O2. The molecule has 1 atom stereocenters. The van der Waals surface area contributed by atoms with Crippen LogP contribution < -0.4 is 5.32 Å². The summed E-state index contributed by atoms with van der Waals surface area (Å²) in [6.45, 7) is 6.57. The first kappa shape index (κ1) is 21.9. The Bertz CT molecular complexity index is 791. The predicted octanol–water partition coefficient (Wildman–Crippen LogP) is 4.21. The van der Waals surface area contributed by atoms with Crippen molar-refractivity contribution in [2.75, 3.05) is 6.54 Å². The number of benzene rings is 2. The molecule has 0 aliphatic heterocycles. The molecule has 2 rings (SSSR count). The van der Waals surface area contributed by atoms with E-state index >= 15 is 0 Å². The SMILES string of the molecule is CC(C)CNC(=O)C(C)N(Cc1ccc(Cl)cc1)C(=O)Cc1ccc(F)cc1. The molecule has 150 valence electrons. The molecule has 28 heavy (non-hydrogen) atoms. The van der Waals surface area contributed by atoms with Crippen molar-refractivity contribution in [3.8, 4) is 0 Å². The van der Waals surface area contributed by atoms with Gasteiger partial charge in [0.05, 0.1) is 6.42 Å². The van der Waals surface area contributed by atoms with Crippen molar-refractivity contribution in [1.82, 2.24) is 10.2 Å². The number of rotatable bonds is 8. The lowest BCUT2D eigenvalue weighted by Crippen LogP contribution is -2.48. The largest absolute Gasteiger partial charge is 0.354 e.